The molecule has 6 rings (SSSR count). The Morgan fingerprint density at radius 2 is 1.08 bits per heavy atom. The summed E-state index contributed by atoms with van der Waals surface area (Å²) in [6, 6.07) is -7.30. The number of hydrogen-bond acceptors (Lipinski definition) is 26. The number of para-hydroxylation sites is 2. The summed E-state index contributed by atoms with van der Waals surface area (Å²) in [6.07, 6.45) is -1.49. The molecule has 712 valence electrons. The number of carbonyl (C=O) groups excluding carboxylic acids is 17. The van der Waals surface area contributed by atoms with Crippen molar-refractivity contribution in [3.63, 3.8) is 0 Å². The van der Waals surface area contributed by atoms with E-state index in [1.165, 1.54) is 31.4 Å². The van der Waals surface area contributed by atoms with E-state index in [0.29, 0.717) is 51.5 Å². The van der Waals surface area contributed by atoms with Crippen molar-refractivity contribution in [3.8, 4) is 5.75 Å². The van der Waals surface area contributed by atoms with Crippen molar-refractivity contribution in [1.82, 2.24) is 84.4 Å². The van der Waals surface area contributed by atoms with E-state index < -0.39 is 273 Å². The van der Waals surface area contributed by atoms with Gasteiger partial charge in [-0.3, -0.25) is 95.9 Å². The predicted molar refractivity (Wildman–Crippen MR) is 461 cm³/mol. The summed E-state index contributed by atoms with van der Waals surface area (Å²) < 4.78 is 11.1. The molecule has 0 bridgehead atoms. The number of carboxylic acids is 4. The van der Waals surface area contributed by atoms with Crippen LogP contribution in [0.2, 0.25) is 0 Å². The Labute approximate surface area is 748 Å². The maximum Gasteiger partial charge on any atom is 0.329 e. The fourth-order valence-corrected chi connectivity index (χ4v) is 13.8. The van der Waals surface area contributed by atoms with E-state index in [1.54, 1.807) is 54.9 Å². The molecule has 1 aliphatic rings. The molecule has 0 spiro atoms. The summed E-state index contributed by atoms with van der Waals surface area (Å²) in [5, 5.41) is 82.7. The number of aromatic nitrogens is 2. The topological polar surface area (TPSA) is 756 Å². The third-order valence-electron chi connectivity index (χ3n) is 20.9. The second-order valence-corrected chi connectivity index (χ2v) is 31.3. The van der Waals surface area contributed by atoms with Crippen LogP contribution in [0.1, 0.15) is 152 Å². The molecule has 0 saturated carbocycles. The highest BCUT2D eigenvalue weighted by atomic mass is 16.5. The lowest BCUT2D eigenvalue weighted by molar-refractivity contribution is -0.156. The number of carbonyl (C=O) groups is 21. The number of fused-ring (bicyclic) bond motifs is 2. The van der Waals surface area contributed by atoms with Crippen LogP contribution in [-0.4, -0.2) is 272 Å². The molecule has 0 aliphatic carbocycles. The van der Waals surface area contributed by atoms with Gasteiger partial charge in [-0.05, 0) is 93.0 Å². The number of aliphatic hydroxyl groups excluding tert-OH is 1. The predicted octanol–water partition coefficient (Wildman–Crippen LogP) is -4.40. The molecular formula is C84H113N19O28. The van der Waals surface area contributed by atoms with E-state index in [1.807, 2.05) is 16.0 Å². The van der Waals surface area contributed by atoms with Crippen LogP contribution in [0.25, 0.3) is 21.8 Å². The number of esters is 1. The van der Waals surface area contributed by atoms with Gasteiger partial charge in [0.15, 0.2) is 5.78 Å². The molecule has 2 aromatic heterocycles. The van der Waals surface area contributed by atoms with Crippen molar-refractivity contribution in [1.29, 1.82) is 0 Å². The van der Waals surface area contributed by atoms with Crippen molar-refractivity contribution in [3.05, 3.63) is 95.8 Å². The third-order valence-corrected chi connectivity index (χ3v) is 20.9. The molecule has 1 fully saturated rings. The van der Waals surface area contributed by atoms with Crippen molar-refractivity contribution in [2.75, 3.05) is 39.1 Å². The fourth-order valence-electron chi connectivity index (χ4n) is 13.8. The summed E-state index contributed by atoms with van der Waals surface area (Å²) >= 11 is 0. The van der Waals surface area contributed by atoms with Crippen LogP contribution < -0.4 is 96.4 Å². The van der Waals surface area contributed by atoms with Gasteiger partial charge in [0.2, 0.25) is 88.6 Å². The number of unbranched alkanes of at least 4 members (excludes halogenated alkanes) is 6. The Bertz CT molecular complexity index is 5000. The fraction of sp³-hybridized carbons (Fsp3) is 0.488. The van der Waals surface area contributed by atoms with Gasteiger partial charge in [0.25, 0.3) is 0 Å². The molecule has 1 aliphatic heterocycles. The maximum atomic E-state index is 15.1. The van der Waals surface area contributed by atoms with Crippen molar-refractivity contribution in [2.45, 2.75) is 222 Å². The molecule has 15 amide bonds. The molecule has 131 heavy (non-hydrogen) atoms. The van der Waals surface area contributed by atoms with Crippen LogP contribution in [0, 0.1) is 5.92 Å². The number of nitrogens with two attached hydrogens (primary N) is 3. The maximum absolute atomic E-state index is 15.1. The minimum Gasteiger partial charge on any atom is -0.497 e. The molecule has 27 N–H and O–H groups in total. The number of rotatable bonds is 40. The summed E-state index contributed by atoms with van der Waals surface area (Å²) in [4.78, 5) is 297. The second-order valence-electron chi connectivity index (χ2n) is 31.3. The van der Waals surface area contributed by atoms with Crippen LogP contribution in [0.5, 0.6) is 5.75 Å². The quantitative estimate of drug-likeness (QED) is 0.00762. The number of primary amides is 1. The number of aromatic amines is 2. The number of ether oxygens (including phenoxy) is 2. The number of nitrogen functional groups attached to an aromatic ring is 1. The molecule has 3 heterocycles. The van der Waals surface area contributed by atoms with Gasteiger partial charge in [0.05, 0.1) is 65.0 Å². The van der Waals surface area contributed by atoms with Crippen molar-refractivity contribution in [2.24, 2.45) is 17.4 Å². The number of aliphatic hydroxyl groups is 1. The first-order valence-corrected chi connectivity index (χ1v) is 42.0. The number of aliphatic carboxylic acids is 4. The molecule has 47 heteroatoms. The second kappa shape index (κ2) is 52.0. The molecular weight excluding hydrogens is 1720 g/mol. The van der Waals surface area contributed by atoms with Gasteiger partial charge in [-0.25, -0.2) is 4.79 Å². The Kier molecular flexibility index (Phi) is 41.7. The summed E-state index contributed by atoms with van der Waals surface area (Å²) in [5.41, 5.74) is 20.0. The highest BCUT2D eigenvalue weighted by Crippen LogP contribution is 2.26. The SMILES string of the molecule is CCCCCCCCCC(=O)NC(Cc1c[nH]c2ccccc12)C(=O)NC(CC(N)=O)C(=O)NC(CC(=O)O)C(=O)NC1C(=O)NCC(=O)NC(CCCNC(=O)C(N)Cc2c[nH]c3ccc(OC)cc23)C(=O)NC(CC(=O)O)C(=O)NC(C)C(=O)NC(CC(=O)O)C(=O)NCC(=O)NC(CO)C(=O)NC(C(C)CC(=O)O)C(=O)NC(CC(=O)c2ccccc2N)C(=O)OC1C. The first-order valence-electron chi connectivity index (χ1n) is 42.0. The lowest BCUT2D eigenvalue weighted by atomic mass is 9.96. The van der Waals surface area contributed by atoms with Crippen LogP contribution in [0.4, 0.5) is 5.69 Å². The van der Waals surface area contributed by atoms with E-state index in [9.17, 15) is 117 Å². The smallest absolute Gasteiger partial charge is 0.329 e. The first kappa shape index (κ1) is 105. The number of H-pyrrole nitrogens is 2. The average Bonchev–Trinajstić information content (AvgIpc) is 1.67. The lowest BCUT2D eigenvalue weighted by Gasteiger charge is -2.30. The summed E-state index contributed by atoms with van der Waals surface area (Å²) in [7, 11) is 1.45. The molecule has 3 aromatic carbocycles. The Hall–Kier alpha value is -14.7. The van der Waals surface area contributed by atoms with Gasteiger partial charge < -0.3 is 137 Å². The van der Waals surface area contributed by atoms with Crippen LogP contribution in [0.15, 0.2) is 79.1 Å². The van der Waals surface area contributed by atoms with Crippen LogP contribution in [-0.2, 0) is 113 Å². The number of amides is 15. The first-order chi connectivity index (χ1) is 62.1. The monoisotopic (exact) mass is 1840 g/mol. The van der Waals surface area contributed by atoms with E-state index >= 15 is 9.59 Å². The zero-order valence-electron chi connectivity index (χ0n) is 72.5. The zero-order chi connectivity index (χ0) is 96.9. The van der Waals surface area contributed by atoms with E-state index in [0.717, 1.165) is 52.9 Å². The molecule has 14 atom stereocenters. The number of anilines is 1. The number of hydrogen-bond donors (Lipinski definition) is 24. The lowest BCUT2D eigenvalue weighted by Crippen LogP contribution is -2.62. The third kappa shape index (κ3) is 34.1. The average molecular weight is 1840 g/mol. The van der Waals surface area contributed by atoms with Gasteiger partial charge in [-0.1, -0.05) is 82.7 Å². The Morgan fingerprint density at radius 3 is 1.70 bits per heavy atom. The molecule has 14 unspecified atom stereocenters. The van der Waals surface area contributed by atoms with Gasteiger partial charge >= 0.3 is 29.8 Å². The van der Waals surface area contributed by atoms with E-state index in [-0.39, 0.29) is 43.5 Å². The number of carboxylic acid groups (broad SMARTS) is 4. The van der Waals surface area contributed by atoms with Gasteiger partial charge in [0.1, 0.15) is 78.3 Å². The number of benzene rings is 3. The number of ketones is 1. The van der Waals surface area contributed by atoms with Crippen LogP contribution in [0.3, 0.4) is 0 Å². The summed E-state index contributed by atoms with van der Waals surface area (Å²) in [6.45, 7) is 0.785. The van der Waals surface area contributed by atoms with Gasteiger partial charge in [-0.2, -0.15) is 0 Å². The zero-order valence-corrected chi connectivity index (χ0v) is 72.5. The van der Waals surface area contributed by atoms with Crippen LogP contribution >= 0.6 is 0 Å². The molecule has 47 nitrogen and oxygen atoms in total. The molecule has 5 aromatic rings. The minimum absolute atomic E-state index is 0.0303. The van der Waals surface area contributed by atoms with Crippen molar-refractivity contribution >= 4 is 152 Å². The van der Waals surface area contributed by atoms with E-state index in [2.05, 4.69) is 75.4 Å². The standard InChI is InChI=1S/C84H113N19O28/c1-6-7-8-9-10-11-12-23-64(107)95-55(29-45-37-89-52-21-16-14-18-47(45)52)78(123)98-56(32-63(87)106)79(124)100-59(35-70(116)117)80(125)103-72-43(4)131-84(129)60(31-62(105)48-19-13-15-20-50(48)85)101-83(128)71(41(2)27-67(110)111)102-81(126)61(40-104)96-66(109)38-91-75(120)57(33-68(112)113)97-73(118)42(3)93-77(122)58(34-69(114)115)99-76(121)54(94-65(108)39-92-82(72)127)22-17-26-88-74(119)51(86)28-44-36-90-53-25-24-46(130-5)30-49(44)53/h13-16,18-21,24-25,30,36-37,41-43,51,54-61,71-72,89-90,104H,6-12,17,22-23,26-29,31-35,38-40,85-86H2,1-5H3,(H2,87,106)(H,88,119)(H,91,120)(H,92,127)(H,93,122)(H,94,108)(H,95,107)(H,96,109)(H,97,118)(H,98,123)(H,99,121)(H,100,124)(H,101,128)(H,102,126)(H,103,125)(H,110,111)(H,112,113)(H,114,115)(H,116,117). The highest BCUT2D eigenvalue weighted by Gasteiger charge is 2.42. The van der Waals surface area contributed by atoms with E-state index in [4.69, 9.17) is 26.7 Å². The number of nitrogens with one attached hydrogen (secondary N) is 16. The summed E-state index contributed by atoms with van der Waals surface area (Å²) in [5.74, 6) is -30.7. The largest absolute Gasteiger partial charge is 0.497 e. The Morgan fingerprint density at radius 1 is 0.534 bits per heavy atom. The number of cyclic esters (lactones) is 1. The normalized spacial score (nSPS) is 20.3. The highest BCUT2D eigenvalue weighted by molar-refractivity contribution is 6.05. The Balaban J connectivity index is 1.43. The minimum atomic E-state index is -2.51. The molecule has 0 radical (unpaired) electrons. The molecule has 1 saturated heterocycles. The van der Waals surface area contributed by atoms with Crippen molar-refractivity contribution < 1.29 is 136 Å². The van der Waals surface area contributed by atoms with Gasteiger partial charge in [0, 0.05) is 71.3 Å². The number of Topliss-reactive ketones (excluding diaryl/α,β-unsaturated/α-hetero) is 1. The van der Waals surface area contributed by atoms with Gasteiger partial charge in [-0.15, -0.1) is 0 Å². The number of methoxy groups -OCH3 is 1.